The molecule has 0 saturated heterocycles. The molecule has 1 atom stereocenters. The molecule has 0 aliphatic rings. The van der Waals surface area contributed by atoms with Crippen molar-refractivity contribution in [1.82, 2.24) is 15.3 Å². The van der Waals surface area contributed by atoms with Crippen LogP contribution in [0.25, 0.3) is 11.0 Å². The van der Waals surface area contributed by atoms with E-state index in [1.165, 1.54) is 11.8 Å². The maximum absolute atomic E-state index is 10.9. The van der Waals surface area contributed by atoms with Crippen LogP contribution in [0.1, 0.15) is 0 Å². The first-order chi connectivity index (χ1) is 9.13. The van der Waals surface area contributed by atoms with E-state index in [9.17, 15) is 4.79 Å². The number of nitrogens with one attached hydrogen (secondary N) is 2. The predicted octanol–water partition coefficient (Wildman–Crippen LogP) is 1.34. The Morgan fingerprint density at radius 3 is 3.05 bits per heavy atom. The van der Waals surface area contributed by atoms with Crippen LogP contribution in [0.2, 0.25) is 0 Å². The molecular formula is C12H15N3O3S. The van der Waals surface area contributed by atoms with Gasteiger partial charge < -0.3 is 20.1 Å². The van der Waals surface area contributed by atoms with Gasteiger partial charge in [0, 0.05) is 11.8 Å². The summed E-state index contributed by atoms with van der Waals surface area (Å²) in [5.74, 6) is 0.294. The molecule has 0 amide bonds. The second kappa shape index (κ2) is 5.94. The zero-order valence-corrected chi connectivity index (χ0v) is 11.5. The van der Waals surface area contributed by atoms with Crippen molar-refractivity contribution in [2.24, 2.45) is 0 Å². The quantitative estimate of drug-likeness (QED) is 0.693. The van der Waals surface area contributed by atoms with E-state index in [2.05, 4.69) is 15.3 Å². The molecule has 1 heterocycles. The van der Waals surface area contributed by atoms with Gasteiger partial charge in [0.15, 0.2) is 5.16 Å². The van der Waals surface area contributed by atoms with Crippen molar-refractivity contribution >= 4 is 28.8 Å². The zero-order valence-electron chi connectivity index (χ0n) is 10.6. The topological polar surface area (TPSA) is 87.2 Å². The summed E-state index contributed by atoms with van der Waals surface area (Å²) in [6.45, 7) is 0. The number of carboxylic acid groups (broad SMARTS) is 1. The Morgan fingerprint density at radius 2 is 2.42 bits per heavy atom. The number of imidazole rings is 1. The van der Waals surface area contributed by atoms with Gasteiger partial charge in [-0.3, -0.25) is 4.79 Å². The maximum atomic E-state index is 10.9. The van der Waals surface area contributed by atoms with Crippen LogP contribution in [-0.2, 0) is 4.79 Å². The van der Waals surface area contributed by atoms with E-state index < -0.39 is 12.0 Å². The third kappa shape index (κ3) is 3.18. The average molecular weight is 281 g/mol. The standard InChI is InChI=1S/C12H15N3O3S/c1-13-10(11(16)17)6-19-12-14-8-4-3-7(18-2)5-9(8)15-12/h3-5,10,13H,6H2,1-2H3,(H,14,15)(H,16,17). The van der Waals surface area contributed by atoms with Crippen LogP contribution in [-0.4, -0.2) is 47.0 Å². The third-order valence-corrected chi connectivity index (χ3v) is 3.67. The Kier molecular flexibility index (Phi) is 4.28. The van der Waals surface area contributed by atoms with Gasteiger partial charge in [-0.1, -0.05) is 11.8 Å². The highest BCUT2D eigenvalue weighted by Gasteiger charge is 2.16. The largest absolute Gasteiger partial charge is 0.497 e. The van der Waals surface area contributed by atoms with Gasteiger partial charge in [-0.05, 0) is 19.2 Å². The maximum Gasteiger partial charge on any atom is 0.321 e. The second-order valence-corrected chi connectivity index (χ2v) is 4.92. The molecule has 1 aromatic carbocycles. The van der Waals surface area contributed by atoms with E-state index in [1.807, 2.05) is 18.2 Å². The number of aliphatic carboxylic acids is 1. The summed E-state index contributed by atoms with van der Waals surface area (Å²) >= 11 is 1.37. The molecule has 2 rings (SSSR count). The summed E-state index contributed by atoms with van der Waals surface area (Å²) in [7, 11) is 3.24. The number of nitrogens with zero attached hydrogens (tertiary/aromatic N) is 1. The van der Waals surface area contributed by atoms with Gasteiger partial charge in [-0.2, -0.15) is 0 Å². The number of carbonyl (C=O) groups is 1. The Balaban J connectivity index is 2.11. The molecule has 3 N–H and O–H groups in total. The molecule has 0 bridgehead atoms. The van der Waals surface area contributed by atoms with Crippen LogP contribution in [0.3, 0.4) is 0 Å². The first-order valence-electron chi connectivity index (χ1n) is 5.70. The summed E-state index contributed by atoms with van der Waals surface area (Å²) in [5.41, 5.74) is 1.71. The summed E-state index contributed by atoms with van der Waals surface area (Å²) in [6.07, 6.45) is 0. The SMILES string of the molecule is CNC(CSc1nc2ccc(OC)cc2[nH]1)C(=O)O. The van der Waals surface area contributed by atoms with Crippen molar-refractivity contribution in [2.75, 3.05) is 19.9 Å². The minimum absolute atomic E-state index is 0.406. The third-order valence-electron chi connectivity index (χ3n) is 2.70. The van der Waals surface area contributed by atoms with Crippen molar-refractivity contribution in [3.8, 4) is 5.75 Å². The summed E-state index contributed by atoms with van der Waals surface area (Å²) in [5, 5.41) is 12.4. The molecule has 0 aliphatic carbocycles. The number of benzene rings is 1. The molecule has 6 nitrogen and oxygen atoms in total. The molecule has 1 unspecified atom stereocenters. The van der Waals surface area contributed by atoms with E-state index in [0.717, 1.165) is 16.8 Å². The van der Waals surface area contributed by atoms with Crippen LogP contribution < -0.4 is 10.1 Å². The number of likely N-dealkylation sites (N-methyl/N-ethyl adjacent to an activating group) is 1. The number of hydrogen-bond donors (Lipinski definition) is 3. The number of thioether (sulfide) groups is 1. The summed E-state index contributed by atoms with van der Waals surface area (Å²) < 4.78 is 5.14. The van der Waals surface area contributed by atoms with Crippen molar-refractivity contribution < 1.29 is 14.6 Å². The number of rotatable bonds is 6. The highest BCUT2D eigenvalue weighted by molar-refractivity contribution is 7.99. The van der Waals surface area contributed by atoms with Crippen LogP contribution in [0, 0.1) is 0 Å². The number of aromatic amines is 1. The molecule has 2 aromatic rings. The smallest absolute Gasteiger partial charge is 0.321 e. The number of carboxylic acids is 1. The van der Waals surface area contributed by atoms with Crippen molar-refractivity contribution in [3.63, 3.8) is 0 Å². The molecule has 7 heteroatoms. The van der Waals surface area contributed by atoms with E-state index in [1.54, 1.807) is 14.2 Å². The van der Waals surface area contributed by atoms with E-state index in [0.29, 0.717) is 10.9 Å². The number of methoxy groups -OCH3 is 1. The minimum Gasteiger partial charge on any atom is -0.497 e. The Hall–Kier alpha value is -1.73. The lowest BCUT2D eigenvalue weighted by Crippen LogP contribution is -2.35. The van der Waals surface area contributed by atoms with Crippen molar-refractivity contribution in [3.05, 3.63) is 18.2 Å². The number of H-pyrrole nitrogens is 1. The van der Waals surface area contributed by atoms with Gasteiger partial charge in [0.05, 0.1) is 18.1 Å². The van der Waals surface area contributed by atoms with Gasteiger partial charge in [-0.25, -0.2) is 4.98 Å². The van der Waals surface area contributed by atoms with Gasteiger partial charge in [0.25, 0.3) is 0 Å². The summed E-state index contributed by atoms with van der Waals surface area (Å²) in [6, 6.07) is 4.97. The normalized spacial score (nSPS) is 12.5. The minimum atomic E-state index is -0.868. The predicted molar refractivity (Wildman–Crippen MR) is 73.9 cm³/mol. The van der Waals surface area contributed by atoms with Crippen LogP contribution in [0.4, 0.5) is 0 Å². The summed E-state index contributed by atoms with van der Waals surface area (Å²) in [4.78, 5) is 18.4. The molecule has 19 heavy (non-hydrogen) atoms. The lowest BCUT2D eigenvalue weighted by Gasteiger charge is -2.08. The highest BCUT2D eigenvalue weighted by Crippen LogP contribution is 2.23. The van der Waals surface area contributed by atoms with Crippen LogP contribution in [0.5, 0.6) is 5.75 Å². The fourth-order valence-electron chi connectivity index (χ4n) is 1.60. The fraction of sp³-hybridized carbons (Fsp3) is 0.333. The van der Waals surface area contributed by atoms with E-state index in [4.69, 9.17) is 9.84 Å². The van der Waals surface area contributed by atoms with E-state index >= 15 is 0 Å². The molecule has 0 saturated carbocycles. The average Bonchev–Trinajstić information content (AvgIpc) is 2.80. The molecule has 0 radical (unpaired) electrons. The second-order valence-electron chi connectivity index (χ2n) is 3.92. The molecule has 0 spiro atoms. The molecule has 0 fully saturated rings. The Labute approximate surface area is 114 Å². The first-order valence-corrected chi connectivity index (χ1v) is 6.69. The van der Waals surface area contributed by atoms with Crippen LogP contribution in [0.15, 0.2) is 23.4 Å². The van der Waals surface area contributed by atoms with Crippen molar-refractivity contribution in [1.29, 1.82) is 0 Å². The molecular weight excluding hydrogens is 266 g/mol. The zero-order chi connectivity index (χ0) is 13.8. The van der Waals surface area contributed by atoms with E-state index in [-0.39, 0.29) is 0 Å². The Morgan fingerprint density at radius 1 is 1.63 bits per heavy atom. The number of hydrogen-bond acceptors (Lipinski definition) is 5. The monoisotopic (exact) mass is 281 g/mol. The van der Waals surface area contributed by atoms with Crippen molar-refractivity contribution in [2.45, 2.75) is 11.2 Å². The number of fused-ring (bicyclic) bond motifs is 1. The fourth-order valence-corrected chi connectivity index (χ4v) is 2.58. The van der Waals surface area contributed by atoms with Crippen LogP contribution >= 0.6 is 11.8 Å². The van der Waals surface area contributed by atoms with Gasteiger partial charge in [0.2, 0.25) is 0 Å². The van der Waals surface area contributed by atoms with Gasteiger partial charge in [-0.15, -0.1) is 0 Å². The lowest BCUT2D eigenvalue weighted by molar-refractivity contribution is -0.138. The molecule has 1 aromatic heterocycles. The van der Waals surface area contributed by atoms with Gasteiger partial charge in [0.1, 0.15) is 11.8 Å². The first kappa shape index (κ1) is 13.7. The Bertz CT molecular complexity index is 585. The number of aromatic nitrogens is 2. The number of ether oxygens (including phenoxy) is 1. The van der Waals surface area contributed by atoms with Gasteiger partial charge >= 0.3 is 5.97 Å². The molecule has 102 valence electrons. The lowest BCUT2D eigenvalue weighted by atomic mass is 10.3. The molecule has 0 aliphatic heterocycles. The highest BCUT2D eigenvalue weighted by atomic mass is 32.2.